The number of benzene rings is 2. The molecule has 1 aliphatic heterocycles. The molecule has 2 aromatic rings. The van der Waals surface area contributed by atoms with E-state index < -0.39 is 0 Å². The van der Waals surface area contributed by atoms with E-state index in [-0.39, 0.29) is 0 Å². The average molecular weight is 313 g/mol. The molecule has 2 nitrogen and oxygen atoms in total. The molecule has 4 heteroatoms. The first kappa shape index (κ1) is 12.4. The van der Waals surface area contributed by atoms with E-state index in [0.29, 0.717) is 0 Å². The van der Waals surface area contributed by atoms with Gasteiger partial charge in [0.15, 0.2) is 0 Å². The topological polar surface area (TPSA) is 21.3 Å². The minimum atomic E-state index is 0.867. The minimum Gasteiger partial charge on any atom is -0.497 e. The van der Waals surface area contributed by atoms with Gasteiger partial charge in [-0.05, 0) is 41.5 Å². The van der Waals surface area contributed by atoms with Crippen LogP contribution in [0.15, 0.2) is 46.9 Å². The lowest BCUT2D eigenvalue weighted by molar-refractivity contribution is 0.414. The fourth-order valence-electron chi connectivity index (χ4n) is 2.12. The van der Waals surface area contributed by atoms with Gasteiger partial charge in [-0.2, -0.15) is 0 Å². The van der Waals surface area contributed by atoms with E-state index in [1.807, 2.05) is 31.7 Å². The van der Waals surface area contributed by atoms with Crippen molar-refractivity contribution in [3.63, 3.8) is 0 Å². The van der Waals surface area contributed by atoms with Crippen LogP contribution in [-0.4, -0.2) is 14.5 Å². The van der Waals surface area contributed by atoms with Gasteiger partial charge in [0.1, 0.15) is 5.75 Å². The summed E-state index contributed by atoms with van der Waals surface area (Å²) >= 11 is 3.50. The highest BCUT2D eigenvalue weighted by molar-refractivity contribution is 9.10. The number of anilines is 1. The molecule has 1 heterocycles. The molecule has 0 saturated carbocycles. The lowest BCUT2D eigenvalue weighted by Gasteiger charge is -2.18. The van der Waals surface area contributed by atoms with Crippen molar-refractivity contribution in [1.29, 1.82) is 0 Å². The molecule has 0 amide bonds. The van der Waals surface area contributed by atoms with Crippen LogP contribution in [0.3, 0.4) is 0 Å². The summed E-state index contributed by atoms with van der Waals surface area (Å²) in [6, 6.07) is 14.3. The highest BCUT2D eigenvalue weighted by atomic mass is 79.9. The van der Waals surface area contributed by atoms with E-state index in [1.54, 1.807) is 7.11 Å². The summed E-state index contributed by atoms with van der Waals surface area (Å²) in [5, 5.41) is 3.32. The molecule has 0 aliphatic carbocycles. The van der Waals surface area contributed by atoms with Crippen LogP contribution in [0.1, 0.15) is 11.1 Å². The van der Waals surface area contributed by atoms with Gasteiger partial charge in [-0.15, -0.1) is 0 Å². The van der Waals surface area contributed by atoms with Crippen molar-refractivity contribution < 1.29 is 4.74 Å². The van der Waals surface area contributed by atoms with Crippen LogP contribution >= 0.6 is 15.9 Å². The van der Waals surface area contributed by atoms with Crippen molar-refractivity contribution in [3.05, 3.63) is 58.1 Å². The Hall–Kier alpha value is -1.68. The molecule has 0 fully saturated rings. The van der Waals surface area contributed by atoms with Crippen molar-refractivity contribution in [2.45, 2.75) is 0 Å². The molecule has 19 heavy (non-hydrogen) atoms. The molecule has 1 aliphatic rings. The summed E-state index contributed by atoms with van der Waals surface area (Å²) in [5.74, 6) is 0.867. The Morgan fingerprint density at radius 1 is 1.16 bits per heavy atom. The second kappa shape index (κ2) is 5.13. The van der Waals surface area contributed by atoms with Gasteiger partial charge in [0, 0.05) is 10.2 Å². The maximum atomic E-state index is 5.27. The van der Waals surface area contributed by atoms with E-state index in [2.05, 4.69) is 45.4 Å². The van der Waals surface area contributed by atoms with E-state index >= 15 is 0 Å². The molecule has 93 valence electrons. The zero-order valence-corrected chi connectivity index (χ0v) is 12.1. The molecule has 1 N–H and O–H groups in total. The summed E-state index contributed by atoms with van der Waals surface area (Å²) < 4.78 is 6.35. The van der Waals surface area contributed by atoms with Crippen LogP contribution in [-0.2, 0) is 0 Å². The van der Waals surface area contributed by atoms with Gasteiger partial charge in [-0.1, -0.05) is 39.6 Å². The molecular formula is C15H12BBrNO. The van der Waals surface area contributed by atoms with Gasteiger partial charge >= 0.3 is 0 Å². The lowest BCUT2D eigenvalue weighted by Crippen LogP contribution is -2.13. The van der Waals surface area contributed by atoms with Crippen LogP contribution in [0.2, 0.25) is 0 Å². The Morgan fingerprint density at radius 3 is 2.89 bits per heavy atom. The number of fused-ring (bicyclic) bond motifs is 1. The van der Waals surface area contributed by atoms with Crippen LogP contribution in [0.5, 0.6) is 5.75 Å². The van der Waals surface area contributed by atoms with E-state index in [0.717, 1.165) is 26.9 Å². The molecular weight excluding hydrogens is 301 g/mol. The lowest BCUT2D eigenvalue weighted by atomic mass is 9.73. The number of ether oxygens (including phenoxy) is 1. The van der Waals surface area contributed by atoms with Crippen LogP contribution in [0, 0.1) is 0 Å². The normalized spacial score (nSPS) is 12.8. The van der Waals surface area contributed by atoms with E-state index in [4.69, 9.17) is 4.74 Å². The van der Waals surface area contributed by atoms with Gasteiger partial charge in [-0.25, -0.2) is 0 Å². The summed E-state index contributed by atoms with van der Waals surface area (Å²) in [4.78, 5) is 0. The Labute approximate surface area is 121 Å². The van der Waals surface area contributed by atoms with Gasteiger partial charge in [0.05, 0.1) is 7.11 Å². The Kier molecular flexibility index (Phi) is 3.34. The monoisotopic (exact) mass is 312 g/mol. The summed E-state index contributed by atoms with van der Waals surface area (Å²) in [7, 11) is 3.70. The molecule has 0 aromatic heterocycles. The highest BCUT2D eigenvalue weighted by Crippen LogP contribution is 2.30. The zero-order valence-electron chi connectivity index (χ0n) is 10.5. The van der Waals surface area contributed by atoms with Crippen molar-refractivity contribution in [2.24, 2.45) is 0 Å². The Balaban J connectivity index is 2.02. The van der Waals surface area contributed by atoms with E-state index in [1.165, 1.54) is 5.56 Å². The maximum absolute atomic E-state index is 5.27. The van der Waals surface area contributed by atoms with Gasteiger partial charge in [0.25, 0.3) is 7.41 Å². The predicted molar refractivity (Wildman–Crippen MR) is 84.4 cm³/mol. The van der Waals surface area contributed by atoms with Crippen LogP contribution < -0.4 is 9.96 Å². The van der Waals surface area contributed by atoms with Crippen molar-refractivity contribution >= 4 is 40.6 Å². The fraction of sp³-hybridized carbons (Fsp3) is 0.0667. The molecule has 2 aromatic carbocycles. The van der Waals surface area contributed by atoms with Gasteiger partial charge in [0.2, 0.25) is 0 Å². The molecule has 3 rings (SSSR count). The molecule has 0 atom stereocenters. The third kappa shape index (κ3) is 2.54. The van der Waals surface area contributed by atoms with Crippen molar-refractivity contribution in [1.82, 2.24) is 0 Å². The first-order valence-corrected chi connectivity index (χ1v) is 6.81. The predicted octanol–water partition coefficient (Wildman–Crippen LogP) is 4.00. The molecule has 0 unspecified atom stereocenters. The second-order valence-corrected chi connectivity index (χ2v) is 5.27. The Morgan fingerprint density at radius 2 is 2.05 bits per heavy atom. The van der Waals surface area contributed by atoms with Crippen molar-refractivity contribution in [2.75, 3.05) is 12.3 Å². The van der Waals surface area contributed by atoms with Gasteiger partial charge in [-0.3, -0.25) is 0 Å². The summed E-state index contributed by atoms with van der Waals surface area (Å²) in [5.41, 5.74) is 4.58. The standard InChI is InChI=1S/C15H12BBrNO/c1-19-13-4-2-3-10(8-13)14-9-11-7-12(17)5-6-15(11)18-16-14/h2-9,18H,1H3. The number of nitrogens with one attached hydrogen (secondary N) is 1. The third-order valence-electron chi connectivity index (χ3n) is 3.11. The SMILES string of the molecule is COc1cccc(C2=Cc3cc(Br)ccc3N[B]2)c1. The number of hydrogen-bond acceptors (Lipinski definition) is 2. The minimum absolute atomic E-state index is 0.867. The average Bonchev–Trinajstić information content (AvgIpc) is 2.46. The van der Waals surface area contributed by atoms with Gasteiger partial charge < -0.3 is 9.96 Å². The van der Waals surface area contributed by atoms with Crippen molar-refractivity contribution in [3.8, 4) is 5.75 Å². The number of hydrogen-bond donors (Lipinski definition) is 1. The van der Waals surface area contributed by atoms with Crippen LogP contribution in [0.4, 0.5) is 5.69 Å². The molecule has 0 saturated heterocycles. The summed E-state index contributed by atoms with van der Waals surface area (Å²) in [6.45, 7) is 0. The Bertz CT molecular complexity index is 654. The quantitative estimate of drug-likeness (QED) is 0.846. The third-order valence-corrected chi connectivity index (χ3v) is 3.60. The first-order chi connectivity index (χ1) is 9.26. The molecule has 0 bridgehead atoms. The largest absolute Gasteiger partial charge is 0.497 e. The fourth-order valence-corrected chi connectivity index (χ4v) is 2.50. The molecule has 1 radical (unpaired) electrons. The number of methoxy groups -OCH3 is 1. The maximum Gasteiger partial charge on any atom is 0.283 e. The second-order valence-electron chi connectivity index (χ2n) is 4.35. The number of halogens is 1. The molecule has 0 spiro atoms. The first-order valence-electron chi connectivity index (χ1n) is 6.02. The summed E-state index contributed by atoms with van der Waals surface area (Å²) in [6.07, 6.45) is 2.17. The highest BCUT2D eigenvalue weighted by Gasteiger charge is 2.13. The van der Waals surface area contributed by atoms with Crippen LogP contribution in [0.25, 0.3) is 11.5 Å². The zero-order chi connectivity index (χ0) is 13.2. The van der Waals surface area contributed by atoms with E-state index in [9.17, 15) is 0 Å². The number of rotatable bonds is 2. The smallest absolute Gasteiger partial charge is 0.283 e.